The number of fused-ring (bicyclic) bond motifs is 1. The van der Waals surface area contributed by atoms with Crippen molar-refractivity contribution in [2.45, 2.75) is 44.0 Å². The van der Waals surface area contributed by atoms with Gasteiger partial charge >= 0.3 is 0 Å². The van der Waals surface area contributed by atoms with Crippen LogP contribution in [0.4, 0.5) is 14.7 Å². The van der Waals surface area contributed by atoms with Crippen LogP contribution >= 0.6 is 11.8 Å². The van der Waals surface area contributed by atoms with Crippen molar-refractivity contribution in [3.63, 3.8) is 0 Å². The highest BCUT2D eigenvalue weighted by molar-refractivity contribution is 7.99. The molecule has 204 valence electrons. The number of anilines is 1. The molecule has 39 heavy (non-hydrogen) atoms. The normalized spacial score (nSPS) is 15.9. The van der Waals surface area contributed by atoms with E-state index in [1.54, 1.807) is 38.5 Å². The molecule has 0 N–H and O–H groups in total. The maximum atomic E-state index is 13.2. The number of amides is 1. The number of carbonyl (C=O) groups excluding carboxylic acids is 1. The number of benzene rings is 2. The molecule has 1 aliphatic heterocycles. The molecular formula is C28H30F2N6O2S. The fourth-order valence-corrected chi connectivity index (χ4v) is 5.87. The number of hydrogen-bond acceptors (Lipinski definition) is 6. The number of halogens is 2. The van der Waals surface area contributed by atoms with Crippen LogP contribution in [0.5, 0.6) is 0 Å². The van der Waals surface area contributed by atoms with Gasteiger partial charge in [0.15, 0.2) is 0 Å². The number of piperazine rings is 1. The van der Waals surface area contributed by atoms with E-state index in [1.165, 1.54) is 4.68 Å². The highest BCUT2D eigenvalue weighted by atomic mass is 32.2. The number of aromatic nitrogens is 4. The molecule has 0 saturated carbocycles. The Balaban J connectivity index is 1.45. The van der Waals surface area contributed by atoms with Gasteiger partial charge in [-0.25, -0.2) is 9.97 Å². The second-order valence-electron chi connectivity index (χ2n) is 9.89. The maximum Gasteiger partial charge on any atom is 0.288 e. The van der Waals surface area contributed by atoms with Crippen molar-refractivity contribution in [2.24, 2.45) is 7.05 Å². The largest absolute Gasteiger partial charge is 0.337 e. The van der Waals surface area contributed by atoms with E-state index in [-0.39, 0.29) is 24.1 Å². The monoisotopic (exact) mass is 552 g/mol. The smallest absolute Gasteiger partial charge is 0.288 e. The highest BCUT2D eigenvalue weighted by Crippen LogP contribution is 2.31. The Bertz CT molecular complexity index is 1580. The third kappa shape index (κ3) is 5.40. The molecule has 11 heteroatoms. The van der Waals surface area contributed by atoms with Crippen molar-refractivity contribution in [3.8, 4) is 11.1 Å². The summed E-state index contributed by atoms with van der Waals surface area (Å²) in [6.07, 6.45) is 3.52. The molecule has 1 saturated heterocycles. The van der Waals surface area contributed by atoms with Crippen molar-refractivity contribution >= 4 is 34.5 Å². The lowest BCUT2D eigenvalue weighted by molar-refractivity contribution is -0.131. The van der Waals surface area contributed by atoms with Gasteiger partial charge in [0.1, 0.15) is 0 Å². The minimum atomic E-state index is -2.54. The van der Waals surface area contributed by atoms with Gasteiger partial charge in [-0.2, -0.15) is 8.78 Å². The second kappa shape index (κ2) is 10.8. The first kappa shape index (κ1) is 26.9. The average Bonchev–Trinajstić information content (AvgIpc) is 3.13. The van der Waals surface area contributed by atoms with Gasteiger partial charge in [-0.3, -0.25) is 19.0 Å². The molecule has 0 unspecified atom stereocenters. The number of nitrogens with zero attached hydrogens (tertiary/aromatic N) is 6. The van der Waals surface area contributed by atoms with Gasteiger partial charge in [0.05, 0.1) is 17.4 Å². The summed E-state index contributed by atoms with van der Waals surface area (Å²) in [5.41, 5.74) is 3.80. The van der Waals surface area contributed by atoms with Gasteiger partial charge in [-0.1, -0.05) is 30.0 Å². The third-order valence-electron chi connectivity index (χ3n) is 7.21. The molecule has 0 bridgehead atoms. The Morgan fingerprint density at radius 1 is 1.10 bits per heavy atom. The summed E-state index contributed by atoms with van der Waals surface area (Å²) in [6.45, 7) is 7.69. The van der Waals surface area contributed by atoms with Crippen LogP contribution in [-0.4, -0.2) is 61.6 Å². The number of thioether (sulfide) groups is 1. The zero-order valence-corrected chi connectivity index (χ0v) is 23.1. The topological polar surface area (TPSA) is 76.3 Å². The van der Waals surface area contributed by atoms with Crippen molar-refractivity contribution in [2.75, 3.05) is 24.5 Å². The molecule has 1 aliphatic rings. The number of rotatable bonds is 6. The van der Waals surface area contributed by atoms with E-state index in [0.717, 1.165) is 22.3 Å². The second-order valence-corrected chi connectivity index (χ2v) is 10.9. The lowest BCUT2D eigenvalue weighted by Gasteiger charge is -2.39. The summed E-state index contributed by atoms with van der Waals surface area (Å²) < 4.78 is 29.8. The van der Waals surface area contributed by atoms with Gasteiger partial charge in [0.2, 0.25) is 11.9 Å². The Labute approximate surface area is 229 Å². The van der Waals surface area contributed by atoms with E-state index in [2.05, 4.69) is 14.9 Å². The first-order chi connectivity index (χ1) is 18.6. The van der Waals surface area contributed by atoms with Crippen molar-refractivity contribution in [1.29, 1.82) is 0 Å². The van der Waals surface area contributed by atoms with Crippen LogP contribution in [0.15, 0.2) is 58.5 Å². The van der Waals surface area contributed by atoms with E-state index in [4.69, 9.17) is 0 Å². The van der Waals surface area contributed by atoms with Crippen LogP contribution in [-0.2, 0) is 18.4 Å². The fourth-order valence-electron chi connectivity index (χ4n) is 5.14. The van der Waals surface area contributed by atoms with Crippen molar-refractivity contribution in [3.05, 3.63) is 70.3 Å². The molecule has 3 heterocycles. The van der Waals surface area contributed by atoms with Crippen LogP contribution in [0.1, 0.15) is 25.0 Å². The SMILES string of the molecule is CC(=O)N1CCN(c2ncc(-c3ccc4c(=O)n(C)n(Cc5ccc(C)cc5SC(F)F)c4c3)cn2)C[C@H]1C. The first-order valence-electron chi connectivity index (χ1n) is 12.7. The van der Waals surface area contributed by atoms with Crippen LogP contribution in [0.3, 0.4) is 0 Å². The number of aryl methyl sites for hydroxylation is 1. The summed E-state index contributed by atoms with van der Waals surface area (Å²) in [6, 6.07) is 11.1. The summed E-state index contributed by atoms with van der Waals surface area (Å²) in [5.74, 6) is -1.86. The summed E-state index contributed by atoms with van der Waals surface area (Å²) in [7, 11) is 1.68. The molecule has 0 spiro atoms. The first-order valence-corrected chi connectivity index (χ1v) is 13.6. The third-order valence-corrected chi connectivity index (χ3v) is 8.02. The maximum absolute atomic E-state index is 13.2. The van der Waals surface area contributed by atoms with Gasteiger partial charge in [0.25, 0.3) is 11.3 Å². The van der Waals surface area contributed by atoms with E-state index in [0.29, 0.717) is 53.1 Å². The van der Waals surface area contributed by atoms with Crippen LogP contribution in [0.2, 0.25) is 0 Å². The minimum absolute atomic E-state index is 0.0691. The summed E-state index contributed by atoms with van der Waals surface area (Å²) in [4.78, 5) is 38.4. The van der Waals surface area contributed by atoms with Crippen LogP contribution in [0, 0.1) is 6.92 Å². The molecule has 2 aromatic heterocycles. The Hall–Kier alpha value is -3.73. The molecule has 0 radical (unpaired) electrons. The zero-order chi connectivity index (χ0) is 27.8. The molecule has 4 aromatic rings. The molecular weight excluding hydrogens is 522 g/mol. The van der Waals surface area contributed by atoms with Gasteiger partial charge in [-0.05, 0) is 48.7 Å². The van der Waals surface area contributed by atoms with Crippen molar-refractivity contribution < 1.29 is 13.6 Å². The zero-order valence-electron chi connectivity index (χ0n) is 22.3. The fraction of sp³-hybridized carbons (Fsp3) is 0.357. The highest BCUT2D eigenvalue weighted by Gasteiger charge is 2.26. The molecule has 1 amide bonds. The number of carbonyl (C=O) groups is 1. The van der Waals surface area contributed by atoms with Gasteiger partial charge < -0.3 is 9.80 Å². The molecule has 1 fully saturated rings. The van der Waals surface area contributed by atoms with E-state index >= 15 is 0 Å². The van der Waals surface area contributed by atoms with Gasteiger partial charge in [-0.15, -0.1) is 0 Å². The lowest BCUT2D eigenvalue weighted by atomic mass is 10.1. The minimum Gasteiger partial charge on any atom is -0.337 e. The Kier molecular flexibility index (Phi) is 7.44. The van der Waals surface area contributed by atoms with Gasteiger partial charge in [0, 0.05) is 62.5 Å². The predicted octanol–water partition coefficient (Wildman–Crippen LogP) is 4.53. The van der Waals surface area contributed by atoms with Crippen molar-refractivity contribution in [1.82, 2.24) is 24.2 Å². The van der Waals surface area contributed by atoms with Crippen LogP contribution in [0.25, 0.3) is 22.0 Å². The Morgan fingerprint density at radius 2 is 1.85 bits per heavy atom. The quantitative estimate of drug-likeness (QED) is 0.328. The van der Waals surface area contributed by atoms with Crippen LogP contribution < -0.4 is 10.5 Å². The summed E-state index contributed by atoms with van der Waals surface area (Å²) >= 11 is 0.517. The average molecular weight is 553 g/mol. The van der Waals surface area contributed by atoms with E-state index in [9.17, 15) is 18.4 Å². The summed E-state index contributed by atoms with van der Waals surface area (Å²) in [5, 5.41) is 0.547. The molecule has 1 atom stereocenters. The number of alkyl halides is 2. The lowest BCUT2D eigenvalue weighted by Crippen LogP contribution is -2.53. The van der Waals surface area contributed by atoms with E-state index in [1.807, 2.05) is 47.7 Å². The number of hydrogen-bond donors (Lipinski definition) is 0. The van der Waals surface area contributed by atoms with E-state index < -0.39 is 5.76 Å². The Morgan fingerprint density at radius 3 is 2.51 bits per heavy atom. The molecule has 8 nitrogen and oxygen atoms in total. The molecule has 0 aliphatic carbocycles. The molecule has 2 aromatic carbocycles. The predicted molar refractivity (Wildman–Crippen MR) is 149 cm³/mol. The molecule has 5 rings (SSSR count). The standard InChI is InChI=1S/C28H30F2N6O2S/c1-17-5-6-21(25(11-17)39-27(29)30)16-36-24-12-20(7-8-23(24)26(38)33(36)4)22-13-31-28(32-14-22)34-9-10-35(19(3)37)18(2)15-34/h5-8,11-14,18,27H,9-10,15-16H2,1-4H3/t18-/m1/s1.